The summed E-state index contributed by atoms with van der Waals surface area (Å²) in [6.07, 6.45) is 0. The fourth-order valence-corrected chi connectivity index (χ4v) is 3.49. The van der Waals surface area contributed by atoms with Gasteiger partial charge in [0.15, 0.2) is 0 Å². The molecule has 0 radical (unpaired) electrons. The van der Waals surface area contributed by atoms with Gasteiger partial charge < -0.3 is 10.3 Å². The molecule has 0 saturated carbocycles. The van der Waals surface area contributed by atoms with Crippen molar-refractivity contribution in [1.29, 1.82) is 0 Å². The molecule has 19 heavy (non-hydrogen) atoms. The maximum absolute atomic E-state index is 13.6. The van der Waals surface area contributed by atoms with E-state index in [1.54, 1.807) is 15.9 Å². The van der Waals surface area contributed by atoms with E-state index in [4.69, 9.17) is 17.3 Å². The van der Waals surface area contributed by atoms with Crippen molar-refractivity contribution < 1.29 is 4.39 Å². The number of nitrogens with two attached hydrogens (primary N) is 1. The van der Waals surface area contributed by atoms with E-state index in [2.05, 4.69) is 20.9 Å². The number of benzene rings is 1. The van der Waals surface area contributed by atoms with Gasteiger partial charge in [-0.3, -0.25) is 0 Å². The number of rotatable bonds is 2. The van der Waals surface area contributed by atoms with Gasteiger partial charge in [-0.05, 0) is 28.1 Å². The van der Waals surface area contributed by atoms with E-state index >= 15 is 0 Å². The van der Waals surface area contributed by atoms with Crippen molar-refractivity contribution in [2.45, 2.75) is 6.54 Å². The molecule has 2 aromatic heterocycles. The van der Waals surface area contributed by atoms with Crippen molar-refractivity contribution in [3.05, 3.63) is 43.8 Å². The normalized spacial score (nSPS) is 11.3. The quantitative estimate of drug-likeness (QED) is 0.741. The lowest BCUT2D eigenvalue weighted by atomic mass is 10.3. The van der Waals surface area contributed by atoms with Crippen LogP contribution in [0.4, 0.5) is 10.3 Å². The molecule has 0 aliphatic heterocycles. The van der Waals surface area contributed by atoms with E-state index in [0.717, 1.165) is 9.35 Å². The van der Waals surface area contributed by atoms with Crippen molar-refractivity contribution in [2.75, 3.05) is 5.73 Å². The lowest BCUT2D eigenvalue weighted by Crippen LogP contribution is -2.03. The van der Waals surface area contributed by atoms with Crippen LogP contribution in [0.3, 0.4) is 0 Å². The first-order valence-electron chi connectivity index (χ1n) is 5.38. The van der Waals surface area contributed by atoms with E-state index < -0.39 is 5.82 Å². The minimum absolute atomic E-state index is 0.0519. The SMILES string of the molecule is Nc1nc2cc(Cl)c(F)cc2n1Cc1cc(Br)cs1. The van der Waals surface area contributed by atoms with E-state index in [9.17, 15) is 4.39 Å². The number of anilines is 1. The molecule has 98 valence electrons. The summed E-state index contributed by atoms with van der Waals surface area (Å²) in [6, 6.07) is 4.86. The fourth-order valence-electron chi connectivity index (χ4n) is 1.90. The predicted molar refractivity (Wildman–Crippen MR) is 80.2 cm³/mol. The molecule has 0 aliphatic carbocycles. The summed E-state index contributed by atoms with van der Waals surface area (Å²) in [6.45, 7) is 0.555. The molecule has 3 aromatic rings. The van der Waals surface area contributed by atoms with Gasteiger partial charge in [0.2, 0.25) is 5.95 Å². The van der Waals surface area contributed by atoms with Crippen LogP contribution in [0, 0.1) is 5.82 Å². The fraction of sp³-hybridized carbons (Fsp3) is 0.0833. The molecule has 0 bridgehead atoms. The largest absolute Gasteiger partial charge is 0.369 e. The van der Waals surface area contributed by atoms with E-state index in [0.29, 0.717) is 23.5 Å². The number of halogens is 3. The first kappa shape index (κ1) is 12.9. The number of fused-ring (bicyclic) bond motifs is 1. The van der Waals surface area contributed by atoms with Gasteiger partial charge in [-0.15, -0.1) is 11.3 Å². The highest BCUT2D eigenvalue weighted by molar-refractivity contribution is 9.10. The number of imidazole rings is 1. The number of hydrogen-bond acceptors (Lipinski definition) is 3. The number of nitrogen functional groups attached to an aromatic ring is 1. The van der Waals surface area contributed by atoms with Gasteiger partial charge >= 0.3 is 0 Å². The zero-order valence-electron chi connectivity index (χ0n) is 9.53. The number of aromatic nitrogens is 2. The third-order valence-electron chi connectivity index (χ3n) is 2.76. The van der Waals surface area contributed by atoms with E-state index in [1.807, 2.05) is 11.4 Å². The molecule has 0 spiro atoms. The summed E-state index contributed by atoms with van der Waals surface area (Å²) in [4.78, 5) is 5.31. The molecular formula is C12H8BrClFN3S. The molecule has 1 aromatic carbocycles. The molecule has 7 heteroatoms. The highest BCUT2D eigenvalue weighted by Gasteiger charge is 2.12. The molecule has 0 aliphatic rings. The van der Waals surface area contributed by atoms with Crippen molar-refractivity contribution in [3.8, 4) is 0 Å². The molecule has 2 heterocycles. The van der Waals surface area contributed by atoms with Crippen LogP contribution in [0.1, 0.15) is 4.88 Å². The van der Waals surface area contributed by atoms with Crippen molar-refractivity contribution in [2.24, 2.45) is 0 Å². The second kappa shape index (κ2) is 4.77. The standard InChI is InChI=1S/C12H8BrClFN3S/c13-6-1-7(19-5-6)4-18-11-3-9(15)8(14)2-10(11)17-12(18)16/h1-3,5H,4H2,(H2,16,17). The number of thiophene rings is 1. The van der Waals surface area contributed by atoms with Crippen LogP contribution in [0.2, 0.25) is 5.02 Å². The Morgan fingerprint density at radius 2 is 2.21 bits per heavy atom. The second-order valence-electron chi connectivity index (χ2n) is 4.04. The molecule has 2 N–H and O–H groups in total. The first-order valence-corrected chi connectivity index (χ1v) is 7.43. The summed E-state index contributed by atoms with van der Waals surface area (Å²) in [5.74, 6) is -0.121. The van der Waals surface area contributed by atoms with Gasteiger partial charge in [0.1, 0.15) is 5.82 Å². The van der Waals surface area contributed by atoms with Crippen LogP contribution >= 0.6 is 38.9 Å². The van der Waals surface area contributed by atoms with Gasteiger partial charge in [-0.2, -0.15) is 0 Å². The van der Waals surface area contributed by atoms with Crippen LogP contribution < -0.4 is 5.73 Å². The van der Waals surface area contributed by atoms with Gasteiger partial charge in [0.25, 0.3) is 0 Å². The Labute approximate surface area is 125 Å². The number of nitrogens with zero attached hydrogens (tertiary/aromatic N) is 2. The molecule has 3 rings (SSSR count). The molecule has 0 amide bonds. The lowest BCUT2D eigenvalue weighted by molar-refractivity contribution is 0.629. The van der Waals surface area contributed by atoms with Crippen LogP contribution in [-0.4, -0.2) is 9.55 Å². The Bertz CT molecular complexity index is 768. The Balaban J connectivity index is 2.12. The maximum atomic E-state index is 13.6. The third kappa shape index (κ3) is 2.35. The van der Waals surface area contributed by atoms with Gasteiger partial charge in [-0.1, -0.05) is 11.6 Å². The minimum Gasteiger partial charge on any atom is -0.369 e. The molecular weight excluding hydrogens is 353 g/mol. The Morgan fingerprint density at radius 1 is 1.42 bits per heavy atom. The monoisotopic (exact) mass is 359 g/mol. The van der Waals surface area contributed by atoms with Crippen LogP contribution in [-0.2, 0) is 6.54 Å². The molecule has 0 saturated heterocycles. The van der Waals surface area contributed by atoms with Crippen LogP contribution in [0.15, 0.2) is 28.1 Å². The van der Waals surface area contributed by atoms with Crippen molar-refractivity contribution in [3.63, 3.8) is 0 Å². The van der Waals surface area contributed by atoms with Crippen LogP contribution in [0.5, 0.6) is 0 Å². The Morgan fingerprint density at radius 3 is 2.89 bits per heavy atom. The van der Waals surface area contributed by atoms with Gasteiger partial charge in [0.05, 0.1) is 22.6 Å². The molecule has 0 atom stereocenters. The molecule has 3 nitrogen and oxygen atoms in total. The summed E-state index contributed by atoms with van der Waals surface area (Å²) in [5.41, 5.74) is 7.13. The zero-order chi connectivity index (χ0) is 13.6. The zero-order valence-corrected chi connectivity index (χ0v) is 12.7. The maximum Gasteiger partial charge on any atom is 0.201 e. The third-order valence-corrected chi connectivity index (χ3v) is 4.73. The van der Waals surface area contributed by atoms with E-state index in [1.165, 1.54) is 12.1 Å². The Kier molecular flexibility index (Phi) is 3.24. The highest BCUT2D eigenvalue weighted by atomic mass is 79.9. The summed E-state index contributed by atoms with van der Waals surface area (Å²) >= 11 is 10.7. The highest BCUT2D eigenvalue weighted by Crippen LogP contribution is 2.27. The average molecular weight is 361 g/mol. The average Bonchev–Trinajstić information content (AvgIpc) is 2.87. The first-order chi connectivity index (χ1) is 9.04. The summed E-state index contributed by atoms with van der Waals surface area (Å²) in [7, 11) is 0. The molecule has 0 unspecified atom stereocenters. The smallest absolute Gasteiger partial charge is 0.201 e. The molecule has 0 fully saturated rings. The summed E-state index contributed by atoms with van der Waals surface area (Å²) in [5, 5.41) is 2.04. The van der Waals surface area contributed by atoms with Gasteiger partial charge in [-0.25, -0.2) is 9.37 Å². The second-order valence-corrected chi connectivity index (χ2v) is 6.36. The van der Waals surface area contributed by atoms with Crippen LogP contribution in [0.25, 0.3) is 11.0 Å². The topological polar surface area (TPSA) is 43.8 Å². The van der Waals surface area contributed by atoms with E-state index in [-0.39, 0.29) is 5.02 Å². The predicted octanol–water partition coefficient (Wildman–Crippen LogP) is 4.28. The lowest BCUT2D eigenvalue weighted by Gasteiger charge is -2.04. The summed E-state index contributed by atoms with van der Waals surface area (Å²) < 4.78 is 16.4. The minimum atomic E-state index is -0.470. The number of hydrogen-bond donors (Lipinski definition) is 1. The van der Waals surface area contributed by atoms with Crippen molar-refractivity contribution in [1.82, 2.24) is 9.55 Å². The van der Waals surface area contributed by atoms with Crippen molar-refractivity contribution >= 4 is 55.8 Å². The van der Waals surface area contributed by atoms with Gasteiger partial charge in [0, 0.05) is 20.8 Å². The Hall–Kier alpha value is -1.11.